The second-order valence-corrected chi connectivity index (χ2v) is 5.78. The van der Waals surface area contributed by atoms with Crippen LogP contribution in [-0.4, -0.2) is 35.9 Å². The van der Waals surface area contributed by atoms with Crippen molar-refractivity contribution in [1.82, 2.24) is 15.1 Å². The Morgan fingerprint density at radius 3 is 2.52 bits per heavy atom. The number of nitrogens with zero attached hydrogens (tertiary/aromatic N) is 2. The summed E-state index contributed by atoms with van der Waals surface area (Å²) in [5.41, 5.74) is 4.24. The molecule has 1 heterocycles. The smallest absolute Gasteiger partial charge is 0.270 e. The van der Waals surface area contributed by atoms with Gasteiger partial charge in [-0.15, -0.1) is 0 Å². The van der Waals surface area contributed by atoms with Crippen molar-refractivity contribution in [2.75, 3.05) is 20.3 Å². The Morgan fingerprint density at radius 1 is 1.12 bits per heavy atom. The van der Waals surface area contributed by atoms with E-state index in [0.29, 0.717) is 18.8 Å². The highest BCUT2D eigenvalue weighted by Crippen LogP contribution is 2.21. The number of nitrogens with one attached hydrogen (secondary N) is 1. The van der Waals surface area contributed by atoms with Gasteiger partial charge in [-0.2, -0.15) is 5.10 Å². The number of hydrogen-bond acceptors (Lipinski definition) is 3. The average molecular weight is 335 g/mol. The lowest BCUT2D eigenvalue weighted by Crippen LogP contribution is -2.28. The van der Waals surface area contributed by atoms with Gasteiger partial charge in [0.25, 0.3) is 5.91 Å². The molecule has 5 heteroatoms. The zero-order chi connectivity index (χ0) is 17.6. The fourth-order valence-corrected chi connectivity index (χ4v) is 2.53. The van der Waals surface area contributed by atoms with E-state index in [-0.39, 0.29) is 5.91 Å². The summed E-state index contributed by atoms with van der Waals surface area (Å²) in [6.07, 6.45) is 0. The Balaban J connectivity index is 2.00. The molecule has 0 radical (unpaired) electrons. The zero-order valence-electron chi connectivity index (χ0n) is 14.4. The summed E-state index contributed by atoms with van der Waals surface area (Å²) in [6.45, 7) is 2.95. The second-order valence-electron chi connectivity index (χ2n) is 5.78. The first-order valence-electron chi connectivity index (χ1n) is 8.18. The molecule has 0 aliphatic carbocycles. The van der Waals surface area contributed by atoms with Crippen molar-refractivity contribution in [3.8, 4) is 16.9 Å². The molecular weight excluding hydrogens is 314 g/mol. The predicted molar refractivity (Wildman–Crippen MR) is 97.9 cm³/mol. The number of benzene rings is 2. The van der Waals surface area contributed by atoms with Gasteiger partial charge >= 0.3 is 0 Å². The van der Waals surface area contributed by atoms with Crippen LogP contribution in [0.4, 0.5) is 0 Å². The minimum Gasteiger partial charge on any atom is -0.383 e. The molecule has 0 aliphatic rings. The zero-order valence-corrected chi connectivity index (χ0v) is 14.4. The van der Waals surface area contributed by atoms with E-state index < -0.39 is 0 Å². The van der Waals surface area contributed by atoms with Crippen LogP contribution in [0.25, 0.3) is 16.9 Å². The van der Waals surface area contributed by atoms with E-state index in [1.807, 2.05) is 67.6 Å². The molecule has 0 atom stereocenters. The van der Waals surface area contributed by atoms with E-state index in [9.17, 15) is 4.79 Å². The molecule has 128 valence electrons. The van der Waals surface area contributed by atoms with E-state index in [0.717, 1.165) is 22.5 Å². The largest absolute Gasteiger partial charge is 0.383 e. The van der Waals surface area contributed by atoms with Gasteiger partial charge in [0.05, 0.1) is 18.0 Å². The third kappa shape index (κ3) is 3.95. The molecular formula is C20H21N3O2. The molecule has 0 aliphatic heterocycles. The van der Waals surface area contributed by atoms with Crippen LogP contribution in [0.1, 0.15) is 16.1 Å². The van der Waals surface area contributed by atoms with Crippen LogP contribution in [-0.2, 0) is 4.74 Å². The number of carbonyl (C=O) groups is 1. The summed E-state index contributed by atoms with van der Waals surface area (Å²) in [6, 6.07) is 19.6. The SMILES string of the molecule is COCCNC(=O)c1cc(-c2ccccc2)nn1-c1ccc(C)cc1. The van der Waals surface area contributed by atoms with Crippen molar-refractivity contribution < 1.29 is 9.53 Å². The first kappa shape index (κ1) is 16.9. The van der Waals surface area contributed by atoms with Crippen molar-refractivity contribution in [2.24, 2.45) is 0 Å². The van der Waals surface area contributed by atoms with Crippen molar-refractivity contribution in [1.29, 1.82) is 0 Å². The maximum Gasteiger partial charge on any atom is 0.270 e. The van der Waals surface area contributed by atoms with Gasteiger partial charge in [0.1, 0.15) is 5.69 Å². The Kier molecular flexibility index (Phi) is 5.26. The Hall–Kier alpha value is -2.92. The van der Waals surface area contributed by atoms with Gasteiger partial charge in [-0.05, 0) is 25.1 Å². The summed E-state index contributed by atoms with van der Waals surface area (Å²) >= 11 is 0. The number of hydrogen-bond donors (Lipinski definition) is 1. The van der Waals surface area contributed by atoms with E-state index in [2.05, 4.69) is 10.4 Å². The first-order chi connectivity index (χ1) is 12.2. The summed E-state index contributed by atoms with van der Waals surface area (Å²) < 4.78 is 6.68. The number of aryl methyl sites for hydroxylation is 1. The Morgan fingerprint density at radius 2 is 1.84 bits per heavy atom. The molecule has 0 bridgehead atoms. The van der Waals surface area contributed by atoms with Gasteiger partial charge in [-0.1, -0.05) is 48.0 Å². The molecule has 25 heavy (non-hydrogen) atoms. The van der Waals surface area contributed by atoms with E-state index >= 15 is 0 Å². The topological polar surface area (TPSA) is 56.1 Å². The highest BCUT2D eigenvalue weighted by atomic mass is 16.5. The van der Waals surface area contributed by atoms with Crippen molar-refractivity contribution in [3.05, 3.63) is 71.9 Å². The van der Waals surface area contributed by atoms with Crippen molar-refractivity contribution in [2.45, 2.75) is 6.92 Å². The van der Waals surface area contributed by atoms with Gasteiger partial charge < -0.3 is 10.1 Å². The number of amides is 1. The van der Waals surface area contributed by atoms with Crippen LogP contribution >= 0.6 is 0 Å². The van der Waals surface area contributed by atoms with Gasteiger partial charge in [-0.25, -0.2) is 4.68 Å². The minimum absolute atomic E-state index is 0.174. The average Bonchev–Trinajstić information content (AvgIpc) is 3.09. The normalized spacial score (nSPS) is 10.6. The van der Waals surface area contributed by atoms with Crippen molar-refractivity contribution in [3.63, 3.8) is 0 Å². The molecule has 0 saturated heterocycles. The summed E-state index contributed by atoms with van der Waals surface area (Å²) in [5, 5.41) is 7.52. The van der Waals surface area contributed by atoms with Crippen LogP contribution in [0, 0.1) is 6.92 Å². The first-order valence-corrected chi connectivity index (χ1v) is 8.18. The monoisotopic (exact) mass is 335 g/mol. The maximum atomic E-state index is 12.6. The van der Waals surface area contributed by atoms with E-state index in [1.165, 1.54) is 0 Å². The highest BCUT2D eigenvalue weighted by molar-refractivity contribution is 5.94. The van der Waals surface area contributed by atoms with Gasteiger partial charge in [0.15, 0.2) is 0 Å². The third-order valence-electron chi connectivity index (χ3n) is 3.88. The Bertz CT molecular complexity index is 839. The van der Waals surface area contributed by atoms with E-state index in [4.69, 9.17) is 4.74 Å². The lowest BCUT2D eigenvalue weighted by molar-refractivity contribution is 0.0929. The number of methoxy groups -OCH3 is 1. The summed E-state index contributed by atoms with van der Waals surface area (Å²) in [7, 11) is 1.61. The lowest BCUT2D eigenvalue weighted by Gasteiger charge is -2.08. The van der Waals surface area contributed by atoms with Crippen LogP contribution in [0.5, 0.6) is 0 Å². The maximum absolute atomic E-state index is 12.6. The molecule has 3 aromatic rings. The molecule has 0 unspecified atom stereocenters. The highest BCUT2D eigenvalue weighted by Gasteiger charge is 2.17. The molecule has 2 aromatic carbocycles. The number of aromatic nitrogens is 2. The van der Waals surface area contributed by atoms with Gasteiger partial charge in [0.2, 0.25) is 0 Å². The number of rotatable bonds is 6. The lowest BCUT2D eigenvalue weighted by atomic mass is 10.1. The number of carbonyl (C=O) groups excluding carboxylic acids is 1. The summed E-state index contributed by atoms with van der Waals surface area (Å²) in [4.78, 5) is 12.6. The quantitative estimate of drug-likeness (QED) is 0.704. The molecule has 1 N–H and O–H groups in total. The standard InChI is InChI=1S/C20H21N3O2/c1-15-8-10-17(11-9-15)23-19(20(24)21-12-13-25-2)14-18(22-23)16-6-4-3-5-7-16/h3-11,14H,12-13H2,1-2H3,(H,21,24). The van der Waals surface area contributed by atoms with Crippen LogP contribution in [0.2, 0.25) is 0 Å². The molecule has 0 spiro atoms. The molecule has 5 nitrogen and oxygen atoms in total. The van der Waals surface area contributed by atoms with Crippen molar-refractivity contribution >= 4 is 5.91 Å². The van der Waals surface area contributed by atoms with Gasteiger partial charge in [-0.3, -0.25) is 4.79 Å². The molecule has 0 fully saturated rings. The minimum atomic E-state index is -0.174. The Labute approximate surface area is 147 Å². The molecule has 3 rings (SSSR count). The number of ether oxygens (including phenoxy) is 1. The van der Waals surface area contributed by atoms with Crippen LogP contribution in [0.15, 0.2) is 60.7 Å². The third-order valence-corrected chi connectivity index (χ3v) is 3.88. The molecule has 1 amide bonds. The van der Waals surface area contributed by atoms with Crippen LogP contribution in [0.3, 0.4) is 0 Å². The molecule has 0 saturated carbocycles. The van der Waals surface area contributed by atoms with E-state index in [1.54, 1.807) is 11.8 Å². The van der Waals surface area contributed by atoms with Crippen LogP contribution < -0.4 is 5.32 Å². The fourth-order valence-electron chi connectivity index (χ4n) is 2.53. The fraction of sp³-hybridized carbons (Fsp3) is 0.200. The molecule has 1 aromatic heterocycles. The predicted octanol–water partition coefficient (Wildman–Crippen LogP) is 3.22. The second kappa shape index (κ2) is 7.77. The van der Waals surface area contributed by atoms with Gasteiger partial charge in [0, 0.05) is 19.2 Å². The summed E-state index contributed by atoms with van der Waals surface area (Å²) in [5.74, 6) is -0.174.